The largest absolute Gasteiger partial charge is 0.335 e. The van der Waals surface area contributed by atoms with E-state index in [1.807, 2.05) is 4.90 Å². The van der Waals surface area contributed by atoms with Crippen LogP contribution in [0.2, 0.25) is 0 Å². The van der Waals surface area contributed by atoms with Crippen LogP contribution in [0.25, 0.3) is 0 Å². The third kappa shape index (κ3) is 5.80. The number of amides is 1. The number of halogens is 1. The van der Waals surface area contributed by atoms with E-state index in [0.717, 1.165) is 13.1 Å². The molecule has 0 spiro atoms. The van der Waals surface area contributed by atoms with Gasteiger partial charge in [-0.1, -0.05) is 65.0 Å². The van der Waals surface area contributed by atoms with Crippen molar-refractivity contribution < 1.29 is 4.79 Å². The Bertz CT molecular complexity index is 809. The molecule has 2 heterocycles. The van der Waals surface area contributed by atoms with Crippen LogP contribution in [0.4, 0.5) is 0 Å². The molecule has 1 aliphatic heterocycles. The molecule has 160 valence electrons. The summed E-state index contributed by atoms with van der Waals surface area (Å²) in [6.07, 6.45) is 1.77. The average molecular weight is 420 g/mol. The predicted molar refractivity (Wildman–Crippen MR) is 119 cm³/mol. The highest BCUT2D eigenvalue weighted by Gasteiger charge is 2.22. The van der Waals surface area contributed by atoms with Crippen molar-refractivity contribution in [3.8, 4) is 0 Å². The van der Waals surface area contributed by atoms with Crippen molar-refractivity contribution in [2.75, 3.05) is 26.2 Å². The predicted octanol–water partition coefficient (Wildman–Crippen LogP) is 3.39. The molecule has 29 heavy (non-hydrogen) atoms. The fraction of sp³-hybridized carbons (Fsp3) is 0.591. The minimum atomic E-state index is -0.0356. The minimum absolute atomic E-state index is 0. The van der Waals surface area contributed by atoms with Crippen molar-refractivity contribution >= 4 is 18.3 Å². The van der Waals surface area contributed by atoms with Crippen molar-refractivity contribution in [3.63, 3.8) is 0 Å². The Morgan fingerprint density at radius 1 is 1.00 bits per heavy atom. The number of hydrogen-bond acceptors (Lipinski definition) is 4. The van der Waals surface area contributed by atoms with Gasteiger partial charge in [-0.05, 0) is 27.5 Å². The summed E-state index contributed by atoms with van der Waals surface area (Å²) in [4.78, 5) is 14.5. The van der Waals surface area contributed by atoms with Crippen LogP contribution in [0, 0.1) is 0 Å². The first-order valence-corrected chi connectivity index (χ1v) is 10.1. The molecule has 0 atom stereocenters. The van der Waals surface area contributed by atoms with Crippen LogP contribution in [0.15, 0.2) is 24.4 Å². The molecule has 0 aliphatic carbocycles. The molecule has 1 fully saturated rings. The summed E-state index contributed by atoms with van der Waals surface area (Å²) in [5.74, 6) is -0.0356. The number of carbonyl (C=O) groups excluding carboxylic acids is 1. The Balaban J connectivity index is 0.00000300. The van der Waals surface area contributed by atoms with Crippen LogP contribution in [0.1, 0.15) is 68.7 Å². The fourth-order valence-corrected chi connectivity index (χ4v) is 3.34. The van der Waals surface area contributed by atoms with Gasteiger partial charge in [-0.2, -0.15) is 0 Å². The van der Waals surface area contributed by atoms with Crippen molar-refractivity contribution in [2.45, 2.75) is 58.9 Å². The molecular formula is C22H34ClN5O. The van der Waals surface area contributed by atoms with Gasteiger partial charge in [0.15, 0.2) is 5.69 Å². The second-order valence-corrected chi connectivity index (χ2v) is 9.76. The normalized spacial score (nSPS) is 15.2. The molecule has 1 saturated heterocycles. The van der Waals surface area contributed by atoms with Gasteiger partial charge in [0.25, 0.3) is 5.91 Å². The van der Waals surface area contributed by atoms with Crippen molar-refractivity contribution in [3.05, 3.63) is 46.8 Å². The first-order valence-electron chi connectivity index (χ1n) is 10.1. The topological polar surface area (TPSA) is 63.1 Å². The third-order valence-corrected chi connectivity index (χ3v) is 5.23. The highest BCUT2D eigenvalue weighted by molar-refractivity contribution is 5.92. The van der Waals surface area contributed by atoms with E-state index in [0.29, 0.717) is 25.3 Å². The molecule has 1 amide bonds. The maximum atomic E-state index is 12.6. The summed E-state index contributed by atoms with van der Waals surface area (Å²) in [6.45, 7) is 17.1. The molecule has 6 nitrogen and oxygen atoms in total. The Kier molecular flexibility index (Phi) is 7.12. The lowest BCUT2D eigenvalue weighted by molar-refractivity contribution is 0.0729. The van der Waals surface area contributed by atoms with E-state index >= 15 is 0 Å². The lowest BCUT2D eigenvalue weighted by Gasteiger charge is -2.26. The van der Waals surface area contributed by atoms with Crippen LogP contribution in [0.5, 0.6) is 0 Å². The molecule has 1 N–H and O–H groups in total. The lowest BCUT2D eigenvalue weighted by Crippen LogP contribution is -2.46. The number of aromatic nitrogens is 3. The Morgan fingerprint density at radius 3 is 2.07 bits per heavy atom. The van der Waals surface area contributed by atoms with Gasteiger partial charge in [-0.15, -0.1) is 17.5 Å². The van der Waals surface area contributed by atoms with Gasteiger partial charge in [0.2, 0.25) is 0 Å². The maximum absolute atomic E-state index is 12.6. The zero-order chi connectivity index (χ0) is 20.5. The third-order valence-electron chi connectivity index (χ3n) is 5.23. The van der Waals surface area contributed by atoms with Gasteiger partial charge in [0.1, 0.15) is 0 Å². The van der Waals surface area contributed by atoms with Gasteiger partial charge in [-0.3, -0.25) is 4.79 Å². The molecule has 0 unspecified atom stereocenters. The monoisotopic (exact) mass is 419 g/mol. The molecule has 2 aromatic rings. The van der Waals surface area contributed by atoms with Crippen LogP contribution in [0.3, 0.4) is 0 Å². The molecule has 0 radical (unpaired) electrons. The van der Waals surface area contributed by atoms with E-state index < -0.39 is 0 Å². The molecule has 0 bridgehead atoms. The van der Waals surface area contributed by atoms with Crippen molar-refractivity contribution in [1.82, 2.24) is 25.2 Å². The van der Waals surface area contributed by atoms with Crippen LogP contribution >= 0.6 is 12.4 Å². The van der Waals surface area contributed by atoms with E-state index in [-0.39, 0.29) is 29.1 Å². The molecule has 0 saturated carbocycles. The smallest absolute Gasteiger partial charge is 0.276 e. The second-order valence-electron chi connectivity index (χ2n) is 9.76. The molecule has 7 heteroatoms. The van der Waals surface area contributed by atoms with E-state index in [1.165, 1.54) is 16.7 Å². The summed E-state index contributed by atoms with van der Waals surface area (Å²) in [7, 11) is 0. The highest BCUT2D eigenvalue weighted by atomic mass is 35.5. The molecule has 1 aromatic carbocycles. The summed E-state index contributed by atoms with van der Waals surface area (Å²) >= 11 is 0. The van der Waals surface area contributed by atoms with Crippen molar-refractivity contribution in [1.29, 1.82) is 0 Å². The average Bonchev–Trinajstić information content (AvgIpc) is 3.08. The zero-order valence-corrected chi connectivity index (χ0v) is 19.3. The molecule has 1 aromatic heterocycles. The quantitative estimate of drug-likeness (QED) is 0.828. The van der Waals surface area contributed by atoms with Crippen LogP contribution in [-0.2, 0) is 17.4 Å². The van der Waals surface area contributed by atoms with Gasteiger partial charge >= 0.3 is 0 Å². The number of rotatable bonds is 3. The SMILES string of the molecule is CC(C)(C)c1cc(Cn2cc(C(=O)N3CCNCC3)nn2)cc(C(C)(C)C)c1.Cl. The number of nitrogens with one attached hydrogen (secondary N) is 1. The Labute approximate surface area is 180 Å². The summed E-state index contributed by atoms with van der Waals surface area (Å²) in [5.41, 5.74) is 4.37. The fourth-order valence-electron chi connectivity index (χ4n) is 3.34. The molecule has 1 aliphatic rings. The van der Waals surface area contributed by atoms with E-state index in [1.54, 1.807) is 10.9 Å². The molecule has 3 rings (SSSR count). The lowest BCUT2D eigenvalue weighted by atomic mass is 9.79. The Hall–Kier alpha value is -1.92. The number of piperazine rings is 1. The summed E-state index contributed by atoms with van der Waals surface area (Å²) in [5, 5.41) is 11.6. The minimum Gasteiger partial charge on any atom is -0.335 e. The Morgan fingerprint density at radius 2 is 1.55 bits per heavy atom. The standard InChI is InChI=1S/C22H33N5O.ClH/c1-21(2,3)17-11-16(12-18(13-17)22(4,5)6)14-27-15-19(24-25-27)20(28)26-9-7-23-8-10-26;/h11-13,15,23H,7-10,14H2,1-6H3;1H. The number of nitrogens with zero attached hydrogens (tertiary/aromatic N) is 4. The zero-order valence-electron chi connectivity index (χ0n) is 18.5. The van der Waals surface area contributed by atoms with Crippen LogP contribution < -0.4 is 5.32 Å². The number of carbonyl (C=O) groups is 1. The number of benzene rings is 1. The molecular weight excluding hydrogens is 386 g/mol. The van der Waals surface area contributed by atoms with E-state index in [4.69, 9.17) is 0 Å². The van der Waals surface area contributed by atoms with E-state index in [2.05, 4.69) is 75.4 Å². The van der Waals surface area contributed by atoms with Gasteiger partial charge < -0.3 is 10.2 Å². The van der Waals surface area contributed by atoms with Gasteiger partial charge in [-0.25, -0.2) is 4.68 Å². The maximum Gasteiger partial charge on any atom is 0.276 e. The van der Waals surface area contributed by atoms with Crippen molar-refractivity contribution in [2.24, 2.45) is 0 Å². The van der Waals surface area contributed by atoms with Crippen LogP contribution in [-0.4, -0.2) is 52.0 Å². The van der Waals surface area contributed by atoms with Gasteiger partial charge in [0.05, 0.1) is 12.7 Å². The van der Waals surface area contributed by atoms with E-state index in [9.17, 15) is 4.79 Å². The second kappa shape index (κ2) is 8.84. The highest BCUT2D eigenvalue weighted by Crippen LogP contribution is 2.30. The van der Waals surface area contributed by atoms with Gasteiger partial charge in [0, 0.05) is 26.2 Å². The summed E-state index contributed by atoms with van der Waals surface area (Å²) < 4.78 is 1.77. The number of hydrogen-bond donors (Lipinski definition) is 1. The summed E-state index contributed by atoms with van der Waals surface area (Å²) in [6, 6.07) is 6.80. The first-order chi connectivity index (χ1) is 13.0. The first kappa shape index (κ1) is 23.4.